The lowest BCUT2D eigenvalue weighted by molar-refractivity contribution is -0.116. The molecule has 0 saturated heterocycles. The van der Waals surface area contributed by atoms with Crippen molar-refractivity contribution in [3.63, 3.8) is 0 Å². The molecule has 0 spiro atoms. The number of hydrogen-bond donors (Lipinski definition) is 2. The van der Waals surface area contributed by atoms with Crippen LogP contribution in [0.2, 0.25) is 0 Å². The molecule has 0 radical (unpaired) electrons. The van der Waals surface area contributed by atoms with E-state index in [1.807, 2.05) is 48.5 Å². The van der Waals surface area contributed by atoms with E-state index in [1.54, 1.807) is 42.6 Å². The Morgan fingerprint density at radius 3 is 2.48 bits per heavy atom. The van der Waals surface area contributed by atoms with Crippen LogP contribution in [0.15, 0.2) is 96.0 Å². The van der Waals surface area contributed by atoms with Crippen molar-refractivity contribution in [2.45, 2.75) is 11.3 Å². The largest absolute Gasteiger partial charge is 0.326 e. The normalized spacial score (nSPS) is 10.9. The van der Waals surface area contributed by atoms with E-state index < -0.39 is 10.0 Å². The van der Waals surface area contributed by atoms with Crippen LogP contribution in [-0.2, 0) is 14.8 Å². The first-order valence-electron chi connectivity index (χ1n) is 10.3. The minimum Gasteiger partial charge on any atom is -0.326 e. The lowest BCUT2D eigenvalue weighted by Crippen LogP contribution is -2.27. The Kier molecular flexibility index (Phi) is 6.79. The van der Waals surface area contributed by atoms with Gasteiger partial charge in [-0.25, -0.2) is 18.1 Å². The van der Waals surface area contributed by atoms with Gasteiger partial charge in [0, 0.05) is 30.4 Å². The highest BCUT2D eigenvalue weighted by molar-refractivity contribution is 7.89. The van der Waals surface area contributed by atoms with Crippen molar-refractivity contribution in [3.05, 3.63) is 102 Å². The lowest BCUT2D eigenvalue weighted by atomic mass is 10.1. The number of nitrogens with zero attached hydrogens (tertiary/aromatic N) is 1. The van der Waals surface area contributed by atoms with Gasteiger partial charge in [-0.15, -0.1) is 0 Å². The molecule has 4 rings (SSSR count). The summed E-state index contributed by atoms with van der Waals surface area (Å²) < 4.78 is 27.7. The maximum absolute atomic E-state index is 12.6. The smallest absolute Gasteiger partial charge is 0.240 e. The van der Waals surface area contributed by atoms with E-state index in [2.05, 4.69) is 26.9 Å². The molecule has 0 aliphatic heterocycles. The fourth-order valence-corrected chi connectivity index (χ4v) is 4.25. The second-order valence-electron chi connectivity index (χ2n) is 7.25. The van der Waals surface area contributed by atoms with E-state index in [-0.39, 0.29) is 23.8 Å². The SMILES string of the molecule is O=C(CCNS(=O)(=O)c1ccc2ccccc2c1)Nc1cccc(C#Cc2ccccn2)c1. The molecular formula is C26H21N3O3S. The summed E-state index contributed by atoms with van der Waals surface area (Å²) in [6, 6.07) is 25.1. The highest BCUT2D eigenvalue weighted by Gasteiger charge is 2.14. The third kappa shape index (κ3) is 6.04. The van der Waals surface area contributed by atoms with Crippen LogP contribution in [0.1, 0.15) is 17.7 Å². The molecular weight excluding hydrogens is 434 g/mol. The summed E-state index contributed by atoms with van der Waals surface area (Å²) in [6.07, 6.45) is 1.67. The van der Waals surface area contributed by atoms with Crippen molar-refractivity contribution in [1.82, 2.24) is 9.71 Å². The third-order valence-electron chi connectivity index (χ3n) is 4.82. The zero-order valence-corrected chi connectivity index (χ0v) is 18.5. The van der Waals surface area contributed by atoms with Crippen LogP contribution in [0.5, 0.6) is 0 Å². The first kappa shape index (κ1) is 22.2. The van der Waals surface area contributed by atoms with Crippen LogP contribution in [0, 0.1) is 11.8 Å². The number of amides is 1. The average Bonchev–Trinajstić information content (AvgIpc) is 2.83. The van der Waals surface area contributed by atoms with Gasteiger partial charge in [-0.3, -0.25) is 4.79 Å². The van der Waals surface area contributed by atoms with E-state index in [9.17, 15) is 13.2 Å². The average molecular weight is 456 g/mol. The highest BCUT2D eigenvalue weighted by atomic mass is 32.2. The molecule has 0 aliphatic rings. The number of pyridine rings is 1. The maximum Gasteiger partial charge on any atom is 0.240 e. The molecule has 1 heterocycles. The van der Waals surface area contributed by atoms with Crippen LogP contribution in [0.3, 0.4) is 0 Å². The summed E-state index contributed by atoms with van der Waals surface area (Å²) in [5.41, 5.74) is 1.98. The fraction of sp³-hybridized carbons (Fsp3) is 0.0769. The highest BCUT2D eigenvalue weighted by Crippen LogP contribution is 2.18. The molecule has 1 amide bonds. The molecule has 0 bridgehead atoms. The maximum atomic E-state index is 12.6. The number of rotatable bonds is 6. The molecule has 0 aliphatic carbocycles. The van der Waals surface area contributed by atoms with Gasteiger partial charge in [0.05, 0.1) is 4.90 Å². The van der Waals surface area contributed by atoms with Crippen molar-refractivity contribution in [2.75, 3.05) is 11.9 Å². The van der Waals surface area contributed by atoms with Crippen LogP contribution < -0.4 is 10.0 Å². The molecule has 0 atom stereocenters. The number of nitrogens with one attached hydrogen (secondary N) is 2. The number of benzene rings is 3. The second-order valence-corrected chi connectivity index (χ2v) is 9.02. The number of sulfonamides is 1. The molecule has 4 aromatic rings. The van der Waals surface area contributed by atoms with Crippen molar-refractivity contribution in [1.29, 1.82) is 0 Å². The molecule has 7 heteroatoms. The summed E-state index contributed by atoms with van der Waals surface area (Å²) in [5.74, 6) is 5.68. The predicted molar refractivity (Wildman–Crippen MR) is 129 cm³/mol. The summed E-state index contributed by atoms with van der Waals surface area (Å²) in [4.78, 5) is 16.6. The molecule has 2 N–H and O–H groups in total. The lowest BCUT2D eigenvalue weighted by Gasteiger charge is -2.09. The number of fused-ring (bicyclic) bond motifs is 1. The van der Waals surface area contributed by atoms with Gasteiger partial charge in [-0.1, -0.05) is 48.4 Å². The predicted octanol–water partition coefficient (Wildman–Crippen LogP) is 3.94. The van der Waals surface area contributed by atoms with E-state index in [4.69, 9.17) is 0 Å². The summed E-state index contributed by atoms with van der Waals surface area (Å²) in [7, 11) is -3.71. The molecule has 0 unspecified atom stereocenters. The van der Waals surface area contributed by atoms with E-state index in [0.29, 0.717) is 11.4 Å². The van der Waals surface area contributed by atoms with E-state index >= 15 is 0 Å². The number of hydrogen-bond acceptors (Lipinski definition) is 4. The quantitative estimate of drug-likeness (QED) is 0.431. The molecule has 3 aromatic carbocycles. The Morgan fingerprint density at radius 1 is 0.848 bits per heavy atom. The number of carbonyl (C=O) groups is 1. The van der Waals surface area contributed by atoms with E-state index in [1.165, 1.54) is 0 Å². The Balaban J connectivity index is 1.33. The van der Waals surface area contributed by atoms with E-state index in [0.717, 1.165) is 16.3 Å². The second kappa shape index (κ2) is 10.1. The fourth-order valence-electron chi connectivity index (χ4n) is 3.19. The van der Waals surface area contributed by atoms with Gasteiger partial charge in [-0.2, -0.15) is 0 Å². The van der Waals surface area contributed by atoms with Crippen molar-refractivity contribution in [2.24, 2.45) is 0 Å². The van der Waals surface area contributed by atoms with Crippen molar-refractivity contribution >= 4 is 32.4 Å². The Morgan fingerprint density at radius 2 is 1.67 bits per heavy atom. The standard InChI is InChI=1S/C26H21N3O3S/c30-26(29-24-10-5-6-20(18-24)11-13-23-9-3-4-16-27-23)15-17-28-33(31,32)25-14-12-21-7-1-2-8-22(21)19-25/h1-10,12,14,16,18-19,28H,15,17H2,(H,29,30). The van der Waals surface area contributed by atoms with Gasteiger partial charge in [-0.05, 0) is 59.2 Å². The first-order valence-corrected chi connectivity index (χ1v) is 11.8. The van der Waals surface area contributed by atoms with Crippen molar-refractivity contribution < 1.29 is 13.2 Å². The van der Waals surface area contributed by atoms with Gasteiger partial charge in [0.2, 0.25) is 15.9 Å². The Labute approximate surface area is 192 Å². The Hall–Kier alpha value is -3.99. The van der Waals surface area contributed by atoms with Gasteiger partial charge in [0.25, 0.3) is 0 Å². The van der Waals surface area contributed by atoms with Crippen molar-refractivity contribution in [3.8, 4) is 11.8 Å². The van der Waals surface area contributed by atoms with Gasteiger partial charge >= 0.3 is 0 Å². The number of aromatic nitrogens is 1. The zero-order valence-electron chi connectivity index (χ0n) is 17.7. The van der Waals surface area contributed by atoms with Gasteiger partial charge < -0.3 is 5.32 Å². The molecule has 1 aromatic heterocycles. The van der Waals surface area contributed by atoms with Crippen LogP contribution in [0.25, 0.3) is 10.8 Å². The van der Waals surface area contributed by atoms with Crippen LogP contribution in [0.4, 0.5) is 5.69 Å². The monoisotopic (exact) mass is 455 g/mol. The molecule has 33 heavy (non-hydrogen) atoms. The molecule has 0 fully saturated rings. The summed E-state index contributed by atoms with van der Waals surface area (Å²) in [5, 5.41) is 4.57. The summed E-state index contributed by atoms with van der Waals surface area (Å²) >= 11 is 0. The van der Waals surface area contributed by atoms with Gasteiger partial charge in [0.1, 0.15) is 5.69 Å². The minimum absolute atomic E-state index is 0.00332. The Bertz CT molecular complexity index is 1460. The first-order chi connectivity index (χ1) is 16.0. The molecule has 164 valence electrons. The number of carbonyl (C=O) groups excluding carboxylic acids is 1. The third-order valence-corrected chi connectivity index (χ3v) is 6.28. The topological polar surface area (TPSA) is 88.2 Å². The van der Waals surface area contributed by atoms with Crippen LogP contribution >= 0.6 is 0 Å². The minimum atomic E-state index is -3.71. The number of anilines is 1. The molecule has 0 saturated carbocycles. The van der Waals surface area contributed by atoms with Crippen LogP contribution in [-0.4, -0.2) is 25.9 Å². The molecule has 6 nitrogen and oxygen atoms in total. The summed E-state index contributed by atoms with van der Waals surface area (Å²) in [6.45, 7) is -0.0137. The van der Waals surface area contributed by atoms with Gasteiger partial charge in [0.15, 0.2) is 0 Å². The zero-order chi connectivity index (χ0) is 23.1.